The number of morpholine rings is 1. The maximum Gasteiger partial charge on any atom is 0.280 e. The summed E-state index contributed by atoms with van der Waals surface area (Å²) in [5.74, 6) is -5.11. The number of halogens is 3. The maximum atomic E-state index is 14.5. The van der Waals surface area contributed by atoms with Gasteiger partial charge in [-0.3, -0.25) is 4.79 Å². The average molecular weight is 558 g/mol. The third-order valence-corrected chi connectivity index (χ3v) is 12.3. The predicted octanol–water partition coefficient (Wildman–Crippen LogP) is 4.68. The molecule has 3 aromatic carbocycles. The molecule has 0 saturated carbocycles. The highest BCUT2D eigenvalue weighted by Gasteiger charge is 2.52. The van der Waals surface area contributed by atoms with Gasteiger partial charge in [0.1, 0.15) is 0 Å². The Kier molecular flexibility index (Phi) is 8.37. The van der Waals surface area contributed by atoms with Crippen LogP contribution >= 0.6 is 0 Å². The fourth-order valence-electron chi connectivity index (χ4n) is 5.57. The van der Waals surface area contributed by atoms with Crippen molar-refractivity contribution in [2.45, 2.75) is 64.2 Å². The first-order valence-corrected chi connectivity index (χ1v) is 14.8. The van der Waals surface area contributed by atoms with E-state index in [0.717, 1.165) is 22.5 Å². The molecule has 1 fully saturated rings. The molecule has 1 aliphatic heterocycles. The monoisotopic (exact) mass is 557 g/mol. The average Bonchev–Trinajstić information content (AvgIpc) is 2.89. The minimum absolute atomic E-state index is 0.0199. The van der Waals surface area contributed by atoms with Crippen LogP contribution in [0.2, 0.25) is 5.04 Å². The summed E-state index contributed by atoms with van der Waals surface area (Å²) < 4.78 is 55.4. The third kappa shape index (κ3) is 5.54. The quantitative estimate of drug-likeness (QED) is 0.339. The molecule has 1 N–H and O–H groups in total. The molecule has 1 heterocycles. The Morgan fingerprint density at radius 3 is 1.92 bits per heavy atom. The SMILES string of the molecule is C[C@H]1CN([C@H](c2cc(F)c(F)c(F)c2)[C@@H](C)O[Si](c2ccccc2)(c2ccccc2)C(C)(C)C)C(=O)C(O)O1. The minimum Gasteiger partial charge on any atom is -0.402 e. The second-order valence-corrected chi connectivity index (χ2v) is 15.3. The molecule has 0 aliphatic carbocycles. The van der Waals surface area contributed by atoms with Gasteiger partial charge < -0.3 is 19.2 Å². The van der Waals surface area contributed by atoms with Crippen molar-refractivity contribution < 1.29 is 32.2 Å². The molecule has 4 rings (SSSR count). The largest absolute Gasteiger partial charge is 0.402 e. The highest BCUT2D eigenvalue weighted by Crippen LogP contribution is 2.40. The van der Waals surface area contributed by atoms with Crippen LogP contribution in [0.15, 0.2) is 72.8 Å². The van der Waals surface area contributed by atoms with Gasteiger partial charge in [-0.1, -0.05) is 81.4 Å². The minimum atomic E-state index is -3.16. The van der Waals surface area contributed by atoms with Gasteiger partial charge in [-0.15, -0.1) is 0 Å². The number of rotatable bonds is 7. The standard InChI is InChI=1S/C30H34F3NO4Si/c1-19-18-34(28(35)29(36)37-19)27(21-16-24(31)26(33)25(32)17-21)20(2)38-39(30(3,4)5,22-12-8-6-9-13-22)23-14-10-7-11-15-23/h6-17,19-20,27,29,36H,18H2,1-5H3/t19-,20+,27-,29?/m0/s1. The van der Waals surface area contributed by atoms with Crippen LogP contribution in [0.25, 0.3) is 0 Å². The van der Waals surface area contributed by atoms with Crippen molar-refractivity contribution in [2.24, 2.45) is 0 Å². The maximum absolute atomic E-state index is 14.5. The van der Waals surface area contributed by atoms with Crippen molar-refractivity contribution in [3.63, 3.8) is 0 Å². The van der Waals surface area contributed by atoms with Crippen LogP contribution in [0.1, 0.15) is 46.2 Å². The molecule has 208 valence electrons. The number of hydrogen-bond donors (Lipinski definition) is 1. The first-order valence-electron chi connectivity index (χ1n) is 12.9. The van der Waals surface area contributed by atoms with E-state index >= 15 is 0 Å². The Hall–Kier alpha value is -2.98. The molecule has 0 radical (unpaired) electrons. The van der Waals surface area contributed by atoms with E-state index < -0.39 is 61.3 Å². The van der Waals surface area contributed by atoms with Gasteiger partial charge in [0, 0.05) is 6.54 Å². The zero-order chi connectivity index (χ0) is 28.5. The van der Waals surface area contributed by atoms with Gasteiger partial charge in [0.2, 0.25) is 6.29 Å². The number of ether oxygens (including phenoxy) is 1. The number of carbonyl (C=O) groups is 1. The zero-order valence-electron chi connectivity index (χ0n) is 22.7. The van der Waals surface area contributed by atoms with Crippen LogP contribution in [-0.4, -0.2) is 49.3 Å². The first kappa shape index (κ1) is 29.0. The summed E-state index contributed by atoms with van der Waals surface area (Å²) in [4.78, 5) is 14.5. The molecule has 1 aliphatic rings. The van der Waals surface area contributed by atoms with E-state index in [0.29, 0.717) is 0 Å². The molecule has 4 atom stereocenters. The Morgan fingerprint density at radius 2 is 1.46 bits per heavy atom. The van der Waals surface area contributed by atoms with E-state index in [-0.39, 0.29) is 12.1 Å². The van der Waals surface area contributed by atoms with Crippen LogP contribution in [0.4, 0.5) is 13.2 Å². The summed E-state index contributed by atoms with van der Waals surface area (Å²) >= 11 is 0. The lowest BCUT2D eigenvalue weighted by Crippen LogP contribution is -2.68. The molecule has 1 unspecified atom stereocenters. The topological polar surface area (TPSA) is 59.0 Å². The molecule has 39 heavy (non-hydrogen) atoms. The number of hydrogen-bond acceptors (Lipinski definition) is 4. The molecular weight excluding hydrogens is 523 g/mol. The summed E-state index contributed by atoms with van der Waals surface area (Å²) in [6.45, 7) is 9.72. The number of amides is 1. The van der Waals surface area contributed by atoms with Crippen LogP contribution in [0, 0.1) is 17.5 Å². The van der Waals surface area contributed by atoms with E-state index in [1.165, 1.54) is 4.90 Å². The first-order chi connectivity index (χ1) is 18.4. The highest BCUT2D eigenvalue weighted by molar-refractivity contribution is 6.99. The lowest BCUT2D eigenvalue weighted by molar-refractivity contribution is -0.203. The van der Waals surface area contributed by atoms with Crippen LogP contribution in [-0.2, 0) is 14.0 Å². The van der Waals surface area contributed by atoms with E-state index in [9.17, 15) is 23.1 Å². The summed E-state index contributed by atoms with van der Waals surface area (Å²) in [6.07, 6.45) is -3.14. The summed E-state index contributed by atoms with van der Waals surface area (Å²) in [5, 5.41) is 11.9. The highest BCUT2D eigenvalue weighted by atomic mass is 28.4. The number of carbonyl (C=O) groups excluding carboxylic acids is 1. The van der Waals surface area contributed by atoms with E-state index in [1.54, 1.807) is 13.8 Å². The van der Waals surface area contributed by atoms with Crippen LogP contribution in [0.5, 0.6) is 0 Å². The molecule has 1 saturated heterocycles. The molecule has 0 aromatic heterocycles. The molecule has 3 aromatic rings. The second kappa shape index (κ2) is 11.2. The van der Waals surface area contributed by atoms with E-state index in [1.807, 2.05) is 60.7 Å². The number of nitrogens with zero attached hydrogens (tertiary/aromatic N) is 1. The Balaban J connectivity index is 1.92. The van der Waals surface area contributed by atoms with Crippen molar-refractivity contribution >= 4 is 24.6 Å². The van der Waals surface area contributed by atoms with E-state index in [4.69, 9.17) is 9.16 Å². The fourth-order valence-corrected chi connectivity index (χ4v) is 10.3. The van der Waals surface area contributed by atoms with Crippen molar-refractivity contribution in [1.29, 1.82) is 0 Å². The van der Waals surface area contributed by atoms with Gasteiger partial charge in [0.15, 0.2) is 17.5 Å². The molecular formula is C30H34F3NO4Si. The summed E-state index contributed by atoms with van der Waals surface area (Å²) in [5.41, 5.74) is 0.0199. The van der Waals surface area contributed by atoms with Gasteiger partial charge in [-0.25, -0.2) is 13.2 Å². The normalized spacial score (nSPS) is 20.1. The van der Waals surface area contributed by atoms with Gasteiger partial charge in [0.25, 0.3) is 14.2 Å². The molecule has 9 heteroatoms. The zero-order valence-corrected chi connectivity index (χ0v) is 23.7. The van der Waals surface area contributed by atoms with Gasteiger partial charge >= 0.3 is 0 Å². The van der Waals surface area contributed by atoms with Gasteiger partial charge in [0.05, 0.1) is 18.2 Å². The lowest BCUT2D eigenvalue weighted by Gasteiger charge is -2.48. The Labute approximate surface area is 228 Å². The number of aliphatic hydroxyl groups excluding tert-OH is 1. The van der Waals surface area contributed by atoms with Crippen LogP contribution in [0.3, 0.4) is 0 Å². The Morgan fingerprint density at radius 1 is 0.974 bits per heavy atom. The second-order valence-electron chi connectivity index (χ2n) is 11.0. The van der Waals surface area contributed by atoms with Crippen molar-refractivity contribution in [2.75, 3.05) is 6.54 Å². The molecule has 5 nitrogen and oxygen atoms in total. The Bertz CT molecular complexity index is 1240. The predicted molar refractivity (Wildman–Crippen MR) is 145 cm³/mol. The van der Waals surface area contributed by atoms with E-state index in [2.05, 4.69) is 20.8 Å². The van der Waals surface area contributed by atoms with Gasteiger partial charge in [-0.2, -0.15) is 0 Å². The smallest absolute Gasteiger partial charge is 0.280 e. The van der Waals surface area contributed by atoms with Crippen LogP contribution < -0.4 is 10.4 Å². The fraction of sp³-hybridized carbons (Fsp3) is 0.367. The molecule has 0 bridgehead atoms. The van der Waals surface area contributed by atoms with Gasteiger partial charge in [-0.05, 0) is 47.0 Å². The summed E-state index contributed by atoms with van der Waals surface area (Å²) in [7, 11) is -3.16. The van der Waals surface area contributed by atoms with Crippen molar-refractivity contribution in [1.82, 2.24) is 4.90 Å². The number of aliphatic hydroxyl groups is 1. The van der Waals surface area contributed by atoms with Crippen molar-refractivity contribution in [3.05, 3.63) is 95.8 Å². The third-order valence-electron chi connectivity index (χ3n) is 7.22. The van der Waals surface area contributed by atoms with Crippen molar-refractivity contribution in [3.8, 4) is 0 Å². The molecule has 0 spiro atoms. The number of benzene rings is 3. The molecule has 1 amide bonds. The lowest BCUT2D eigenvalue weighted by atomic mass is 9.98. The summed E-state index contributed by atoms with van der Waals surface area (Å²) in [6, 6.07) is 20.3.